The van der Waals surface area contributed by atoms with E-state index in [4.69, 9.17) is 5.26 Å². The Labute approximate surface area is 102 Å². The number of hydrogen-bond acceptors (Lipinski definition) is 3. The molecule has 1 aromatic heterocycles. The minimum absolute atomic E-state index is 0.622. The fraction of sp³-hybridized carbons (Fsp3) is 0. The van der Waals surface area contributed by atoms with Crippen LogP contribution in [0, 0.1) is 11.3 Å². The SMILES string of the molecule is N#Cc1cccc(Nc2ncccc2Br)c1. The van der Waals surface area contributed by atoms with Gasteiger partial charge in [0.15, 0.2) is 0 Å². The third kappa shape index (κ3) is 2.38. The number of anilines is 2. The van der Waals surface area contributed by atoms with Crippen molar-refractivity contribution in [2.24, 2.45) is 0 Å². The number of halogens is 1. The molecule has 0 saturated carbocycles. The van der Waals surface area contributed by atoms with E-state index in [1.54, 1.807) is 18.3 Å². The van der Waals surface area contributed by atoms with Crippen molar-refractivity contribution in [3.8, 4) is 6.07 Å². The third-order valence-corrected chi connectivity index (χ3v) is 2.65. The maximum absolute atomic E-state index is 8.78. The van der Waals surface area contributed by atoms with E-state index >= 15 is 0 Å². The van der Waals surface area contributed by atoms with Gasteiger partial charge >= 0.3 is 0 Å². The second kappa shape index (κ2) is 4.77. The molecule has 0 aliphatic rings. The summed E-state index contributed by atoms with van der Waals surface area (Å²) in [5, 5.41) is 11.9. The summed E-state index contributed by atoms with van der Waals surface area (Å²) in [7, 11) is 0. The van der Waals surface area contributed by atoms with Crippen LogP contribution in [0.5, 0.6) is 0 Å². The standard InChI is InChI=1S/C12H8BrN3/c13-11-5-2-6-15-12(11)16-10-4-1-3-9(7-10)8-14/h1-7H,(H,15,16). The molecule has 1 N–H and O–H groups in total. The summed E-state index contributed by atoms with van der Waals surface area (Å²) in [4.78, 5) is 4.19. The van der Waals surface area contributed by atoms with Gasteiger partial charge in [0, 0.05) is 11.9 Å². The Morgan fingerprint density at radius 2 is 2.12 bits per heavy atom. The summed E-state index contributed by atoms with van der Waals surface area (Å²) >= 11 is 3.40. The van der Waals surface area contributed by atoms with Gasteiger partial charge in [-0.15, -0.1) is 0 Å². The molecule has 0 bridgehead atoms. The predicted octanol–water partition coefficient (Wildman–Crippen LogP) is 3.46. The smallest absolute Gasteiger partial charge is 0.144 e. The van der Waals surface area contributed by atoms with Crippen LogP contribution in [-0.4, -0.2) is 4.98 Å². The Bertz CT molecular complexity index is 546. The number of benzene rings is 1. The molecule has 1 heterocycles. The number of nitrogens with one attached hydrogen (secondary N) is 1. The second-order valence-electron chi connectivity index (χ2n) is 3.15. The molecule has 1 aromatic carbocycles. The van der Waals surface area contributed by atoms with Crippen molar-refractivity contribution in [3.63, 3.8) is 0 Å². The number of rotatable bonds is 2. The first kappa shape index (κ1) is 10.7. The monoisotopic (exact) mass is 273 g/mol. The Kier molecular flexibility index (Phi) is 3.18. The molecular formula is C12H8BrN3. The number of pyridine rings is 1. The van der Waals surface area contributed by atoms with Crippen LogP contribution in [0.1, 0.15) is 5.56 Å². The van der Waals surface area contributed by atoms with E-state index < -0.39 is 0 Å². The van der Waals surface area contributed by atoms with Crippen molar-refractivity contribution in [1.29, 1.82) is 5.26 Å². The Morgan fingerprint density at radius 3 is 2.88 bits per heavy atom. The molecule has 3 nitrogen and oxygen atoms in total. The van der Waals surface area contributed by atoms with Gasteiger partial charge in [-0.2, -0.15) is 5.26 Å². The van der Waals surface area contributed by atoms with E-state index in [1.165, 1.54) is 0 Å². The molecule has 0 radical (unpaired) electrons. The van der Waals surface area contributed by atoms with Crippen molar-refractivity contribution in [2.45, 2.75) is 0 Å². The van der Waals surface area contributed by atoms with E-state index in [0.717, 1.165) is 16.0 Å². The Hall–Kier alpha value is -1.86. The summed E-state index contributed by atoms with van der Waals surface area (Å²) in [5.74, 6) is 0.734. The van der Waals surface area contributed by atoms with Crippen LogP contribution >= 0.6 is 15.9 Å². The molecule has 0 fully saturated rings. The number of aromatic nitrogens is 1. The highest BCUT2D eigenvalue weighted by Crippen LogP contribution is 2.23. The summed E-state index contributed by atoms with van der Waals surface area (Å²) in [6.45, 7) is 0. The average Bonchev–Trinajstić information content (AvgIpc) is 2.32. The fourth-order valence-corrected chi connectivity index (χ4v) is 1.63. The predicted molar refractivity (Wildman–Crippen MR) is 66.4 cm³/mol. The lowest BCUT2D eigenvalue weighted by Crippen LogP contribution is -1.94. The first-order valence-corrected chi connectivity index (χ1v) is 5.46. The highest BCUT2D eigenvalue weighted by molar-refractivity contribution is 9.10. The lowest BCUT2D eigenvalue weighted by molar-refractivity contribution is 1.29. The Morgan fingerprint density at radius 1 is 1.25 bits per heavy atom. The van der Waals surface area contributed by atoms with Crippen molar-refractivity contribution in [2.75, 3.05) is 5.32 Å². The maximum atomic E-state index is 8.78. The van der Waals surface area contributed by atoms with Gasteiger partial charge in [-0.1, -0.05) is 6.07 Å². The molecule has 0 aliphatic heterocycles. The first-order chi connectivity index (χ1) is 7.79. The zero-order valence-electron chi connectivity index (χ0n) is 8.31. The van der Waals surface area contributed by atoms with E-state index in [9.17, 15) is 0 Å². The van der Waals surface area contributed by atoms with Crippen LogP contribution < -0.4 is 5.32 Å². The molecule has 0 amide bonds. The van der Waals surface area contributed by atoms with Crippen LogP contribution in [0.2, 0.25) is 0 Å². The number of nitrogens with zero attached hydrogens (tertiary/aromatic N) is 2. The van der Waals surface area contributed by atoms with Gasteiger partial charge in [0.25, 0.3) is 0 Å². The molecule has 0 spiro atoms. The quantitative estimate of drug-likeness (QED) is 0.912. The van der Waals surface area contributed by atoms with E-state index in [2.05, 4.69) is 32.3 Å². The van der Waals surface area contributed by atoms with Gasteiger partial charge in [-0.25, -0.2) is 4.98 Å². The zero-order chi connectivity index (χ0) is 11.4. The molecule has 78 valence electrons. The fourth-order valence-electron chi connectivity index (χ4n) is 1.28. The third-order valence-electron chi connectivity index (χ3n) is 2.01. The summed E-state index contributed by atoms with van der Waals surface area (Å²) < 4.78 is 0.886. The molecule has 0 atom stereocenters. The van der Waals surface area contributed by atoms with Crippen molar-refractivity contribution < 1.29 is 0 Å². The molecule has 16 heavy (non-hydrogen) atoms. The van der Waals surface area contributed by atoms with Crippen LogP contribution in [0.25, 0.3) is 0 Å². The summed E-state index contributed by atoms with van der Waals surface area (Å²) in [5.41, 5.74) is 1.47. The molecule has 0 saturated heterocycles. The molecule has 0 unspecified atom stereocenters. The molecule has 2 aromatic rings. The van der Waals surface area contributed by atoms with Gasteiger partial charge in [-0.3, -0.25) is 0 Å². The highest BCUT2D eigenvalue weighted by Gasteiger charge is 2.00. The normalized spacial score (nSPS) is 9.50. The van der Waals surface area contributed by atoms with Crippen LogP contribution in [0.15, 0.2) is 47.1 Å². The lowest BCUT2D eigenvalue weighted by Gasteiger charge is -2.06. The van der Waals surface area contributed by atoms with Gasteiger partial charge in [-0.05, 0) is 46.3 Å². The number of nitriles is 1. The van der Waals surface area contributed by atoms with Crippen LogP contribution in [-0.2, 0) is 0 Å². The van der Waals surface area contributed by atoms with E-state index in [0.29, 0.717) is 5.56 Å². The Balaban J connectivity index is 2.28. The molecular weight excluding hydrogens is 266 g/mol. The average molecular weight is 274 g/mol. The van der Waals surface area contributed by atoms with E-state index in [-0.39, 0.29) is 0 Å². The lowest BCUT2D eigenvalue weighted by atomic mass is 10.2. The summed E-state index contributed by atoms with van der Waals surface area (Å²) in [6, 6.07) is 13.1. The minimum Gasteiger partial charge on any atom is -0.339 e. The molecule has 0 aliphatic carbocycles. The van der Waals surface area contributed by atoms with Gasteiger partial charge in [0.05, 0.1) is 16.1 Å². The van der Waals surface area contributed by atoms with E-state index in [1.807, 2.05) is 24.3 Å². The number of hydrogen-bond donors (Lipinski definition) is 1. The van der Waals surface area contributed by atoms with Gasteiger partial charge < -0.3 is 5.32 Å². The van der Waals surface area contributed by atoms with Crippen molar-refractivity contribution in [1.82, 2.24) is 4.98 Å². The van der Waals surface area contributed by atoms with Crippen LogP contribution in [0.3, 0.4) is 0 Å². The summed E-state index contributed by atoms with van der Waals surface area (Å²) in [6.07, 6.45) is 1.71. The minimum atomic E-state index is 0.622. The highest BCUT2D eigenvalue weighted by atomic mass is 79.9. The largest absolute Gasteiger partial charge is 0.339 e. The van der Waals surface area contributed by atoms with Gasteiger partial charge in [0.2, 0.25) is 0 Å². The van der Waals surface area contributed by atoms with Gasteiger partial charge in [0.1, 0.15) is 5.82 Å². The topological polar surface area (TPSA) is 48.7 Å². The molecule has 2 rings (SSSR count). The van der Waals surface area contributed by atoms with Crippen molar-refractivity contribution in [3.05, 3.63) is 52.6 Å². The zero-order valence-corrected chi connectivity index (χ0v) is 9.90. The second-order valence-corrected chi connectivity index (χ2v) is 4.01. The van der Waals surface area contributed by atoms with Crippen molar-refractivity contribution >= 4 is 27.4 Å². The maximum Gasteiger partial charge on any atom is 0.144 e. The molecule has 4 heteroatoms. The first-order valence-electron chi connectivity index (χ1n) is 4.67. The van der Waals surface area contributed by atoms with Crippen LogP contribution in [0.4, 0.5) is 11.5 Å².